The van der Waals surface area contributed by atoms with Crippen molar-refractivity contribution in [2.45, 2.75) is 19.5 Å². The lowest BCUT2D eigenvalue weighted by molar-refractivity contribution is -0.275. The largest absolute Gasteiger partial charge is 0.573 e. The molecular formula is C9H8F4N2O3. The molecule has 1 rings (SSSR count). The average Bonchev–Trinajstić information content (AvgIpc) is 2.21. The first-order chi connectivity index (χ1) is 8.24. The van der Waals surface area contributed by atoms with Gasteiger partial charge >= 0.3 is 12.3 Å². The molecule has 0 unspecified atom stereocenters. The normalized spacial score (nSPS) is 11.3. The van der Waals surface area contributed by atoms with Crippen LogP contribution in [-0.4, -0.2) is 22.4 Å². The second-order valence-electron chi connectivity index (χ2n) is 3.23. The van der Waals surface area contributed by atoms with Crippen molar-refractivity contribution >= 4 is 11.8 Å². The topological polar surface area (TPSA) is 85.4 Å². The summed E-state index contributed by atoms with van der Waals surface area (Å²) in [6.45, 7) is -1.29. The summed E-state index contributed by atoms with van der Waals surface area (Å²) in [5.74, 6) is -2.83. The summed E-state index contributed by atoms with van der Waals surface area (Å²) >= 11 is 0. The molecular weight excluding hydrogens is 260 g/mol. The van der Waals surface area contributed by atoms with Gasteiger partial charge in [0.2, 0.25) is 0 Å². The van der Waals surface area contributed by atoms with Gasteiger partial charge in [-0.25, -0.2) is 9.37 Å². The quantitative estimate of drug-likeness (QED) is 0.811. The molecule has 1 heterocycles. The highest BCUT2D eigenvalue weighted by molar-refractivity contribution is 5.74. The number of nitrogen functional groups attached to an aromatic ring is 1. The zero-order valence-corrected chi connectivity index (χ0v) is 8.79. The fraction of sp³-hybridized carbons (Fsp3) is 0.333. The third kappa shape index (κ3) is 3.47. The van der Waals surface area contributed by atoms with Crippen LogP contribution in [0.2, 0.25) is 0 Å². The van der Waals surface area contributed by atoms with E-state index >= 15 is 0 Å². The summed E-state index contributed by atoms with van der Waals surface area (Å²) in [5, 5.41) is 8.56. The number of nitrogens with zero attached hydrogens (tertiary/aromatic N) is 1. The van der Waals surface area contributed by atoms with Crippen molar-refractivity contribution < 1.29 is 32.2 Å². The van der Waals surface area contributed by atoms with Crippen molar-refractivity contribution in [2.75, 3.05) is 5.73 Å². The molecule has 0 atom stereocenters. The lowest BCUT2D eigenvalue weighted by atomic mass is 10.1. The monoisotopic (exact) mass is 268 g/mol. The Bertz CT molecular complexity index is 462. The van der Waals surface area contributed by atoms with Crippen molar-refractivity contribution in [3.05, 3.63) is 17.3 Å². The van der Waals surface area contributed by atoms with Gasteiger partial charge in [-0.2, -0.15) is 0 Å². The predicted octanol–water partition coefficient (Wildman–Crippen LogP) is 1.66. The Kier molecular flexibility index (Phi) is 3.94. The molecule has 0 aliphatic heterocycles. The van der Waals surface area contributed by atoms with E-state index in [-0.39, 0.29) is 0 Å². The second kappa shape index (κ2) is 5.07. The first kappa shape index (κ1) is 14.0. The SMILES string of the molecule is Nc1ncc(CF)c(OC(F)(F)F)c1CC(=O)O. The van der Waals surface area contributed by atoms with Crippen LogP contribution >= 0.6 is 0 Å². The third-order valence-corrected chi connectivity index (χ3v) is 1.92. The molecule has 0 aromatic carbocycles. The van der Waals surface area contributed by atoms with Crippen molar-refractivity contribution in [3.63, 3.8) is 0 Å². The van der Waals surface area contributed by atoms with E-state index in [1.165, 1.54) is 0 Å². The number of halogens is 4. The molecule has 1 aromatic rings. The van der Waals surface area contributed by atoms with Gasteiger partial charge in [-0.1, -0.05) is 0 Å². The van der Waals surface area contributed by atoms with Gasteiger partial charge in [0.15, 0.2) is 0 Å². The summed E-state index contributed by atoms with van der Waals surface area (Å²) in [7, 11) is 0. The first-order valence-electron chi connectivity index (χ1n) is 4.54. The predicted molar refractivity (Wildman–Crippen MR) is 51.5 cm³/mol. The number of carboxylic acids is 1. The summed E-state index contributed by atoms with van der Waals surface area (Å²) in [5.41, 5.74) is 4.25. The van der Waals surface area contributed by atoms with Gasteiger partial charge in [-0.3, -0.25) is 4.79 Å². The maximum absolute atomic E-state index is 12.5. The summed E-state index contributed by atoms with van der Waals surface area (Å²) in [6, 6.07) is 0. The number of hydrogen-bond donors (Lipinski definition) is 2. The van der Waals surface area contributed by atoms with E-state index in [9.17, 15) is 22.4 Å². The highest BCUT2D eigenvalue weighted by Gasteiger charge is 2.34. The fourth-order valence-corrected chi connectivity index (χ4v) is 1.25. The molecule has 5 nitrogen and oxygen atoms in total. The molecule has 18 heavy (non-hydrogen) atoms. The third-order valence-electron chi connectivity index (χ3n) is 1.92. The van der Waals surface area contributed by atoms with Crippen LogP contribution in [-0.2, 0) is 17.9 Å². The van der Waals surface area contributed by atoms with Crippen molar-refractivity contribution in [3.8, 4) is 5.75 Å². The number of hydrogen-bond acceptors (Lipinski definition) is 4. The minimum atomic E-state index is -5.08. The number of ether oxygens (including phenoxy) is 1. The molecule has 0 aliphatic carbocycles. The maximum atomic E-state index is 12.5. The van der Waals surface area contributed by atoms with Crippen LogP contribution in [0.4, 0.5) is 23.4 Å². The Balaban J connectivity index is 3.31. The van der Waals surface area contributed by atoms with Crippen LogP contribution in [0.3, 0.4) is 0 Å². The zero-order chi connectivity index (χ0) is 13.9. The number of alkyl halides is 4. The summed E-state index contributed by atoms with van der Waals surface area (Å²) < 4.78 is 52.6. The molecule has 0 fully saturated rings. The van der Waals surface area contributed by atoms with E-state index in [4.69, 9.17) is 10.8 Å². The van der Waals surface area contributed by atoms with Crippen LogP contribution in [0, 0.1) is 0 Å². The maximum Gasteiger partial charge on any atom is 0.573 e. The Morgan fingerprint density at radius 1 is 1.50 bits per heavy atom. The average molecular weight is 268 g/mol. The van der Waals surface area contributed by atoms with Crippen LogP contribution in [0.5, 0.6) is 5.75 Å². The van der Waals surface area contributed by atoms with Crippen LogP contribution < -0.4 is 10.5 Å². The molecule has 1 aromatic heterocycles. The molecule has 0 saturated carbocycles. The van der Waals surface area contributed by atoms with E-state index in [0.717, 1.165) is 6.20 Å². The Labute approximate surface area is 98.2 Å². The van der Waals surface area contributed by atoms with Crippen molar-refractivity contribution in [1.29, 1.82) is 0 Å². The van der Waals surface area contributed by atoms with Gasteiger partial charge in [-0.05, 0) is 0 Å². The van der Waals surface area contributed by atoms with Gasteiger partial charge in [0.1, 0.15) is 18.2 Å². The van der Waals surface area contributed by atoms with Gasteiger partial charge in [0.05, 0.1) is 6.42 Å². The Hall–Kier alpha value is -2.06. The number of aromatic nitrogens is 1. The van der Waals surface area contributed by atoms with E-state index in [1.807, 2.05) is 0 Å². The minimum Gasteiger partial charge on any atom is -0.481 e. The van der Waals surface area contributed by atoms with E-state index in [1.54, 1.807) is 0 Å². The van der Waals surface area contributed by atoms with Gasteiger partial charge in [-0.15, -0.1) is 13.2 Å². The lowest BCUT2D eigenvalue weighted by Crippen LogP contribution is -2.21. The van der Waals surface area contributed by atoms with Gasteiger partial charge < -0.3 is 15.6 Å². The molecule has 0 spiro atoms. The van der Waals surface area contributed by atoms with Gasteiger partial charge in [0, 0.05) is 17.3 Å². The van der Waals surface area contributed by atoms with Crippen LogP contribution in [0.25, 0.3) is 0 Å². The fourth-order valence-electron chi connectivity index (χ4n) is 1.25. The van der Waals surface area contributed by atoms with Gasteiger partial charge in [0.25, 0.3) is 0 Å². The summed E-state index contributed by atoms with van der Waals surface area (Å²) in [4.78, 5) is 13.9. The molecule has 0 amide bonds. The van der Waals surface area contributed by atoms with Crippen LogP contribution in [0.15, 0.2) is 6.20 Å². The minimum absolute atomic E-state index is 0.450. The van der Waals surface area contributed by atoms with Crippen molar-refractivity contribution in [1.82, 2.24) is 4.98 Å². The Morgan fingerprint density at radius 2 is 2.11 bits per heavy atom. The number of anilines is 1. The number of pyridine rings is 1. The van der Waals surface area contributed by atoms with Crippen LogP contribution in [0.1, 0.15) is 11.1 Å². The smallest absolute Gasteiger partial charge is 0.481 e. The molecule has 3 N–H and O–H groups in total. The molecule has 0 saturated heterocycles. The number of carboxylic acid groups (broad SMARTS) is 1. The standard InChI is InChI=1S/C9H8F4N2O3/c10-2-4-3-15-8(14)5(1-6(16)17)7(4)18-9(11,12)13/h3H,1-2H2,(H2,14,15)(H,16,17). The van der Waals surface area contributed by atoms with E-state index < -0.39 is 48.1 Å². The zero-order valence-electron chi connectivity index (χ0n) is 8.79. The van der Waals surface area contributed by atoms with E-state index in [2.05, 4.69) is 9.72 Å². The van der Waals surface area contributed by atoms with Crippen molar-refractivity contribution in [2.24, 2.45) is 0 Å². The Morgan fingerprint density at radius 3 is 2.56 bits per heavy atom. The highest BCUT2D eigenvalue weighted by atomic mass is 19.4. The molecule has 0 bridgehead atoms. The number of nitrogens with two attached hydrogens (primary N) is 1. The van der Waals surface area contributed by atoms with E-state index in [0.29, 0.717) is 0 Å². The number of rotatable bonds is 4. The number of carbonyl (C=O) groups is 1. The molecule has 0 radical (unpaired) electrons. The molecule has 9 heteroatoms. The summed E-state index contributed by atoms with van der Waals surface area (Å²) in [6.07, 6.45) is -5.16. The highest BCUT2D eigenvalue weighted by Crippen LogP contribution is 2.33. The molecule has 0 aliphatic rings. The number of aliphatic carboxylic acids is 1. The lowest BCUT2D eigenvalue weighted by Gasteiger charge is -2.16. The first-order valence-corrected chi connectivity index (χ1v) is 4.54. The second-order valence-corrected chi connectivity index (χ2v) is 3.23. The molecule has 100 valence electrons.